The summed E-state index contributed by atoms with van der Waals surface area (Å²) in [5.41, 5.74) is -0.418. The quantitative estimate of drug-likeness (QED) is 0.913. The van der Waals surface area contributed by atoms with Gasteiger partial charge in [-0.25, -0.2) is 4.79 Å². The molecule has 2 aromatic rings. The van der Waals surface area contributed by atoms with Crippen molar-refractivity contribution < 1.29 is 27.8 Å². The van der Waals surface area contributed by atoms with Crippen LogP contribution >= 0.6 is 0 Å². The third kappa shape index (κ3) is 3.62. The summed E-state index contributed by atoms with van der Waals surface area (Å²) in [5.74, 6) is -1.77. The fourth-order valence-corrected chi connectivity index (χ4v) is 1.72. The average Bonchev–Trinajstić information content (AvgIpc) is 2.38. The summed E-state index contributed by atoms with van der Waals surface area (Å²) in [7, 11) is 0. The number of aromatic nitrogens is 1. The van der Waals surface area contributed by atoms with E-state index in [1.165, 1.54) is 18.2 Å². The van der Waals surface area contributed by atoms with Crippen LogP contribution in [-0.4, -0.2) is 22.4 Å². The van der Waals surface area contributed by atoms with Gasteiger partial charge in [0.05, 0.1) is 0 Å². The smallest absolute Gasteiger partial charge is 0.477 e. The molecule has 0 aliphatic heterocycles. The zero-order valence-electron chi connectivity index (χ0n) is 10.3. The number of hydrogen-bond acceptors (Lipinski definition) is 3. The highest BCUT2D eigenvalue weighted by atomic mass is 19.4. The second-order valence-corrected chi connectivity index (χ2v) is 3.99. The van der Waals surface area contributed by atoms with E-state index in [2.05, 4.69) is 9.72 Å². The number of ether oxygens (including phenoxy) is 1. The Balaban J connectivity index is 2.40. The molecule has 1 aromatic heterocycles. The van der Waals surface area contributed by atoms with E-state index >= 15 is 0 Å². The summed E-state index contributed by atoms with van der Waals surface area (Å²) in [6.45, 7) is 0. The van der Waals surface area contributed by atoms with Gasteiger partial charge in [-0.3, -0.25) is 4.79 Å². The zero-order valence-corrected chi connectivity index (χ0v) is 10.3. The predicted molar refractivity (Wildman–Crippen MR) is 66.1 cm³/mol. The van der Waals surface area contributed by atoms with E-state index in [4.69, 9.17) is 5.11 Å². The largest absolute Gasteiger partial charge is 0.573 e. The highest BCUT2D eigenvalue weighted by Gasteiger charge is 2.31. The number of aromatic amines is 1. The lowest BCUT2D eigenvalue weighted by Crippen LogP contribution is -2.17. The minimum atomic E-state index is -4.80. The SMILES string of the molecule is O=C(O)c1[nH]c(=O)ccc1-c1ccc(OC(F)(F)F)cc1. The second-order valence-electron chi connectivity index (χ2n) is 3.99. The molecule has 0 unspecified atom stereocenters. The Morgan fingerprint density at radius 1 is 1.10 bits per heavy atom. The van der Waals surface area contributed by atoms with Gasteiger partial charge in [-0.2, -0.15) is 0 Å². The van der Waals surface area contributed by atoms with Gasteiger partial charge in [0.2, 0.25) is 5.56 Å². The van der Waals surface area contributed by atoms with Crippen molar-refractivity contribution in [3.63, 3.8) is 0 Å². The van der Waals surface area contributed by atoms with Crippen LogP contribution in [0.5, 0.6) is 5.75 Å². The Labute approximate surface area is 115 Å². The van der Waals surface area contributed by atoms with Crippen molar-refractivity contribution >= 4 is 5.97 Å². The monoisotopic (exact) mass is 299 g/mol. The van der Waals surface area contributed by atoms with Crippen LogP contribution in [0.25, 0.3) is 11.1 Å². The van der Waals surface area contributed by atoms with Crippen LogP contribution < -0.4 is 10.3 Å². The maximum Gasteiger partial charge on any atom is 0.573 e. The number of carbonyl (C=O) groups is 1. The number of pyridine rings is 1. The molecule has 0 aliphatic carbocycles. The van der Waals surface area contributed by atoms with E-state index in [9.17, 15) is 22.8 Å². The molecule has 110 valence electrons. The average molecular weight is 299 g/mol. The first kappa shape index (κ1) is 14.6. The molecule has 0 fully saturated rings. The molecule has 2 N–H and O–H groups in total. The number of H-pyrrole nitrogens is 1. The van der Waals surface area contributed by atoms with E-state index in [0.29, 0.717) is 5.56 Å². The molecule has 0 saturated carbocycles. The minimum Gasteiger partial charge on any atom is -0.477 e. The van der Waals surface area contributed by atoms with Crippen LogP contribution in [0.4, 0.5) is 13.2 Å². The van der Waals surface area contributed by atoms with Gasteiger partial charge in [-0.05, 0) is 23.8 Å². The van der Waals surface area contributed by atoms with Crippen LogP contribution in [0.1, 0.15) is 10.5 Å². The first-order chi connectivity index (χ1) is 9.76. The van der Waals surface area contributed by atoms with E-state index in [-0.39, 0.29) is 11.3 Å². The summed E-state index contributed by atoms with van der Waals surface area (Å²) in [6.07, 6.45) is -4.80. The fourth-order valence-electron chi connectivity index (χ4n) is 1.72. The molecular formula is C13H8F3NO4. The number of alkyl halides is 3. The Bertz CT molecular complexity index is 719. The van der Waals surface area contributed by atoms with Crippen molar-refractivity contribution in [3.8, 4) is 16.9 Å². The van der Waals surface area contributed by atoms with Gasteiger partial charge in [0.25, 0.3) is 0 Å². The van der Waals surface area contributed by atoms with Gasteiger partial charge in [0.15, 0.2) is 0 Å². The molecule has 0 spiro atoms. The zero-order chi connectivity index (χ0) is 15.6. The van der Waals surface area contributed by atoms with Gasteiger partial charge in [0.1, 0.15) is 11.4 Å². The lowest BCUT2D eigenvalue weighted by molar-refractivity contribution is -0.274. The first-order valence-corrected chi connectivity index (χ1v) is 5.59. The van der Waals surface area contributed by atoms with Crippen molar-refractivity contribution in [2.75, 3.05) is 0 Å². The molecular weight excluding hydrogens is 291 g/mol. The van der Waals surface area contributed by atoms with Gasteiger partial charge >= 0.3 is 12.3 Å². The summed E-state index contributed by atoms with van der Waals surface area (Å²) < 4.78 is 39.8. The fraction of sp³-hybridized carbons (Fsp3) is 0.0769. The van der Waals surface area contributed by atoms with Crippen molar-refractivity contribution in [1.29, 1.82) is 0 Å². The molecule has 1 aromatic carbocycles. The molecule has 5 nitrogen and oxygen atoms in total. The number of halogens is 3. The summed E-state index contributed by atoms with van der Waals surface area (Å²) >= 11 is 0. The van der Waals surface area contributed by atoms with Gasteiger partial charge < -0.3 is 14.8 Å². The number of hydrogen-bond donors (Lipinski definition) is 2. The molecule has 0 amide bonds. The van der Waals surface area contributed by atoms with E-state index in [1.54, 1.807) is 0 Å². The molecule has 0 saturated heterocycles. The normalized spacial score (nSPS) is 11.2. The Morgan fingerprint density at radius 2 is 1.71 bits per heavy atom. The third-order valence-corrected chi connectivity index (χ3v) is 2.53. The van der Waals surface area contributed by atoms with E-state index < -0.39 is 23.6 Å². The number of carboxylic acids is 1. The maximum absolute atomic E-state index is 12.0. The summed E-state index contributed by atoms with van der Waals surface area (Å²) in [6, 6.07) is 7.05. The van der Waals surface area contributed by atoms with Crippen LogP contribution in [0.15, 0.2) is 41.2 Å². The van der Waals surface area contributed by atoms with E-state index in [1.807, 2.05) is 0 Å². The first-order valence-electron chi connectivity index (χ1n) is 5.59. The van der Waals surface area contributed by atoms with Gasteiger partial charge in [0, 0.05) is 11.6 Å². The molecule has 0 aliphatic rings. The van der Waals surface area contributed by atoms with Crippen molar-refractivity contribution in [3.05, 3.63) is 52.4 Å². The molecule has 0 bridgehead atoms. The van der Waals surface area contributed by atoms with Crippen molar-refractivity contribution in [2.24, 2.45) is 0 Å². The van der Waals surface area contributed by atoms with Crippen LogP contribution in [0, 0.1) is 0 Å². The van der Waals surface area contributed by atoms with Crippen molar-refractivity contribution in [2.45, 2.75) is 6.36 Å². The van der Waals surface area contributed by atoms with Crippen LogP contribution in [-0.2, 0) is 0 Å². The lowest BCUT2D eigenvalue weighted by Gasteiger charge is -2.10. The highest BCUT2D eigenvalue weighted by Crippen LogP contribution is 2.27. The number of carboxylic acid groups (broad SMARTS) is 1. The molecule has 1 heterocycles. The Morgan fingerprint density at radius 3 is 2.24 bits per heavy atom. The molecule has 8 heteroatoms. The molecule has 21 heavy (non-hydrogen) atoms. The third-order valence-electron chi connectivity index (χ3n) is 2.53. The van der Waals surface area contributed by atoms with E-state index in [0.717, 1.165) is 18.2 Å². The number of rotatable bonds is 3. The second kappa shape index (κ2) is 5.31. The Kier molecular flexibility index (Phi) is 3.70. The van der Waals surface area contributed by atoms with Gasteiger partial charge in [-0.1, -0.05) is 12.1 Å². The maximum atomic E-state index is 12.0. The number of nitrogens with one attached hydrogen (secondary N) is 1. The summed E-state index contributed by atoms with van der Waals surface area (Å²) in [5, 5.41) is 9.02. The van der Waals surface area contributed by atoms with Gasteiger partial charge in [-0.15, -0.1) is 13.2 Å². The summed E-state index contributed by atoms with van der Waals surface area (Å²) in [4.78, 5) is 24.3. The highest BCUT2D eigenvalue weighted by molar-refractivity contribution is 5.93. The standard InChI is InChI=1S/C13H8F3NO4/c14-13(15,16)21-8-3-1-7(2-4-8)9-5-6-10(18)17-11(9)12(19)20/h1-6H,(H,17,18)(H,19,20). The topological polar surface area (TPSA) is 79.4 Å². The molecule has 2 rings (SSSR count). The molecule has 0 atom stereocenters. The number of benzene rings is 1. The Hall–Kier alpha value is -2.77. The van der Waals surface area contributed by atoms with Crippen molar-refractivity contribution in [1.82, 2.24) is 4.98 Å². The van der Waals surface area contributed by atoms with Crippen LogP contribution in [0.3, 0.4) is 0 Å². The number of aromatic carboxylic acids is 1. The predicted octanol–water partition coefficient (Wildman–Crippen LogP) is 2.64. The van der Waals surface area contributed by atoms with Crippen LogP contribution in [0.2, 0.25) is 0 Å². The lowest BCUT2D eigenvalue weighted by atomic mass is 10.0. The minimum absolute atomic E-state index is 0.181. The molecule has 0 radical (unpaired) electrons.